The zero-order chi connectivity index (χ0) is 12.4. The van der Waals surface area contributed by atoms with Gasteiger partial charge in [0.25, 0.3) is 0 Å². The summed E-state index contributed by atoms with van der Waals surface area (Å²) in [7, 11) is 0. The van der Waals surface area contributed by atoms with Gasteiger partial charge in [-0.3, -0.25) is 0 Å². The maximum absolute atomic E-state index is 5.60. The maximum Gasteiger partial charge on any atom is 0.139 e. The zero-order valence-corrected chi connectivity index (χ0v) is 10.5. The van der Waals surface area contributed by atoms with Gasteiger partial charge < -0.3 is 14.8 Å². The van der Waals surface area contributed by atoms with E-state index in [2.05, 4.69) is 21.6 Å². The van der Waals surface area contributed by atoms with Crippen molar-refractivity contribution in [1.82, 2.24) is 14.7 Å². The normalized spacial score (nSPS) is 12.9. The Bertz CT molecular complexity index is 481. The minimum atomic E-state index is 0.172. The molecule has 0 saturated carbocycles. The lowest BCUT2D eigenvalue weighted by molar-refractivity contribution is 0.391. The van der Waals surface area contributed by atoms with E-state index in [1.165, 1.54) is 0 Å². The Morgan fingerprint density at radius 3 is 2.82 bits per heavy atom. The first-order valence-electron chi connectivity index (χ1n) is 5.78. The van der Waals surface area contributed by atoms with Crippen molar-refractivity contribution < 1.29 is 4.52 Å². The Balaban J connectivity index is 2.37. The van der Waals surface area contributed by atoms with E-state index in [9.17, 15) is 0 Å². The van der Waals surface area contributed by atoms with Crippen LogP contribution in [0.3, 0.4) is 0 Å². The lowest BCUT2D eigenvalue weighted by Gasteiger charge is -2.16. The lowest BCUT2D eigenvalue weighted by Crippen LogP contribution is -2.13. The lowest BCUT2D eigenvalue weighted by atomic mass is 10.1. The van der Waals surface area contributed by atoms with Gasteiger partial charge in [-0.15, -0.1) is 0 Å². The molecule has 1 unspecified atom stereocenters. The molecule has 0 amide bonds. The molecule has 0 radical (unpaired) electrons. The quantitative estimate of drug-likeness (QED) is 0.872. The van der Waals surface area contributed by atoms with Crippen LogP contribution in [0.4, 0.5) is 0 Å². The van der Waals surface area contributed by atoms with Crippen LogP contribution in [0.1, 0.15) is 35.7 Å². The van der Waals surface area contributed by atoms with E-state index in [1.54, 1.807) is 0 Å². The van der Waals surface area contributed by atoms with Crippen LogP contribution in [0.2, 0.25) is 0 Å². The van der Waals surface area contributed by atoms with Gasteiger partial charge in [0.2, 0.25) is 0 Å². The first-order chi connectivity index (χ1) is 8.15. The third-order valence-corrected chi connectivity index (χ3v) is 3.07. The molecule has 0 aliphatic carbocycles. The molecule has 5 heteroatoms. The van der Waals surface area contributed by atoms with Crippen molar-refractivity contribution in [2.24, 2.45) is 5.73 Å². The molecule has 2 aromatic heterocycles. The summed E-state index contributed by atoms with van der Waals surface area (Å²) in [4.78, 5) is 4.19. The van der Waals surface area contributed by atoms with Crippen molar-refractivity contribution >= 4 is 0 Å². The van der Waals surface area contributed by atoms with Gasteiger partial charge in [0.1, 0.15) is 5.76 Å². The highest BCUT2D eigenvalue weighted by atomic mass is 16.5. The minimum absolute atomic E-state index is 0.172. The second kappa shape index (κ2) is 4.71. The van der Waals surface area contributed by atoms with Crippen LogP contribution in [0.5, 0.6) is 0 Å². The van der Waals surface area contributed by atoms with Gasteiger partial charge in [0, 0.05) is 23.9 Å². The summed E-state index contributed by atoms with van der Waals surface area (Å²) in [5.41, 5.74) is 8.79. The standard InChI is InChI=1S/C12H18N4O/c1-8-12(10(3)17-15-8)9(2)16-7-14-6-11(16)4-5-13/h6-7,9H,4-5,13H2,1-3H3. The monoisotopic (exact) mass is 234 g/mol. The summed E-state index contributed by atoms with van der Waals surface area (Å²) in [6.07, 6.45) is 4.52. The number of nitrogens with zero attached hydrogens (tertiary/aromatic N) is 3. The van der Waals surface area contributed by atoms with Crippen LogP contribution in [0.15, 0.2) is 17.0 Å². The van der Waals surface area contributed by atoms with E-state index < -0.39 is 0 Å². The van der Waals surface area contributed by atoms with Crippen molar-refractivity contribution in [1.29, 1.82) is 0 Å². The van der Waals surface area contributed by atoms with Gasteiger partial charge in [-0.05, 0) is 27.3 Å². The fourth-order valence-corrected chi connectivity index (χ4v) is 2.25. The van der Waals surface area contributed by atoms with Crippen molar-refractivity contribution in [2.45, 2.75) is 33.2 Å². The fraction of sp³-hybridized carbons (Fsp3) is 0.500. The SMILES string of the molecule is Cc1noc(C)c1C(C)n1cncc1CCN. The summed E-state index contributed by atoms with van der Waals surface area (Å²) < 4.78 is 7.33. The molecular weight excluding hydrogens is 216 g/mol. The summed E-state index contributed by atoms with van der Waals surface area (Å²) in [5.74, 6) is 0.863. The predicted molar refractivity (Wildman–Crippen MR) is 64.8 cm³/mol. The topological polar surface area (TPSA) is 69.9 Å². The molecule has 0 bridgehead atoms. The average Bonchev–Trinajstić information content (AvgIpc) is 2.86. The number of imidazole rings is 1. The van der Waals surface area contributed by atoms with E-state index in [0.717, 1.165) is 29.1 Å². The highest BCUT2D eigenvalue weighted by Gasteiger charge is 2.19. The van der Waals surface area contributed by atoms with E-state index in [4.69, 9.17) is 10.3 Å². The van der Waals surface area contributed by atoms with Gasteiger partial charge in [0.15, 0.2) is 0 Å². The molecule has 0 aliphatic heterocycles. The Morgan fingerprint density at radius 1 is 1.47 bits per heavy atom. The average molecular weight is 234 g/mol. The second-order valence-corrected chi connectivity index (χ2v) is 4.24. The molecule has 0 aromatic carbocycles. The highest BCUT2D eigenvalue weighted by molar-refractivity contribution is 5.26. The van der Waals surface area contributed by atoms with Crippen LogP contribution in [-0.2, 0) is 6.42 Å². The van der Waals surface area contributed by atoms with Gasteiger partial charge in [0.05, 0.1) is 18.1 Å². The number of nitrogens with two attached hydrogens (primary N) is 1. The Labute approximate surface area is 101 Å². The first-order valence-corrected chi connectivity index (χ1v) is 5.78. The largest absolute Gasteiger partial charge is 0.361 e. The molecule has 0 saturated heterocycles. The number of hydrogen-bond donors (Lipinski definition) is 1. The maximum atomic E-state index is 5.60. The van der Waals surface area contributed by atoms with Crippen LogP contribution in [0, 0.1) is 13.8 Å². The molecule has 2 rings (SSSR count). The van der Waals surface area contributed by atoms with E-state index in [-0.39, 0.29) is 6.04 Å². The molecule has 0 fully saturated rings. The van der Waals surface area contributed by atoms with E-state index in [0.29, 0.717) is 6.54 Å². The summed E-state index contributed by atoms with van der Waals surface area (Å²) in [6.45, 7) is 6.64. The van der Waals surface area contributed by atoms with E-state index >= 15 is 0 Å². The van der Waals surface area contributed by atoms with Crippen LogP contribution in [-0.4, -0.2) is 21.3 Å². The summed E-state index contributed by atoms with van der Waals surface area (Å²) in [6, 6.07) is 0.172. The van der Waals surface area contributed by atoms with Crippen molar-refractivity contribution in [3.8, 4) is 0 Å². The Morgan fingerprint density at radius 2 is 2.24 bits per heavy atom. The second-order valence-electron chi connectivity index (χ2n) is 4.24. The molecule has 5 nitrogen and oxygen atoms in total. The molecule has 1 atom stereocenters. The molecule has 2 aromatic rings. The molecule has 92 valence electrons. The smallest absolute Gasteiger partial charge is 0.139 e. The summed E-state index contributed by atoms with van der Waals surface area (Å²) >= 11 is 0. The number of aromatic nitrogens is 3. The van der Waals surface area contributed by atoms with Gasteiger partial charge >= 0.3 is 0 Å². The minimum Gasteiger partial charge on any atom is -0.361 e. The Kier molecular flexibility index (Phi) is 3.28. The first kappa shape index (κ1) is 11.9. The van der Waals surface area contributed by atoms with Crippen LogP contribution in [0.25, 0.3) is 0 Å². The molecule has 0 spiro atoms. The fourth-order valence-electron chi connectivity index (χ4n) is 2.25. The third kappa shape index (κ3) is 2.10. The Hall–Kier alpha value is -1.62. The van der Waals surface area contributed by atoms with Gasteiger partial charge in [-0.2, -0.15) is 0 Å². The highest BCUT2D eigenvalue weighted by Crippen LogP contribution is 2.25. The zero-order valence-electron chi connectivity index (χ0n) is 10.5. The molecular formula is C12H18N4O. The molecule has 17 heavy (non-hydrogen) atoms. The molecule has 2 heterocycles. The van der Waals surface area contributed by atoms with Crippen molar-refractivity contribution in [3.63, 3.8) is 0 Å². The van der Waals surface area contributed by atoms with Crippen molar-refractivity contribution in [2.75, 3.05) is 6.54 Å². The summed E-state index contributed by atoms with van der Waals surface area (Å²) in [5, 5.41) is 3.99. The van der Waals surface area contributed by atoms with Crippen LogP contribution >= 0.6 is 0 Å². The molecule has 0 aliphatic rings. The van der Waals surface area contributed by atoms with Gasteiger partial charge in [-0.1, -0.05) is 5.16 Å². The molecule has 2 N–H and O–H groups in total. The van der Waals surface area contributed by atoms with Crippen molar-refractivity contribution in [3.05, 3.63) is 35.2 Å². The number of hydrogen-bond acceptors (Lipinski definition) is 4. The third-order valence-electron chi connectivity index (χ3n) is 3.07. The number of aryl methyl sites for hydroxylation is 2. The predicted octanol–water partition coefficient (Wildman–Crippen LogP) is 1.60. The number of rotatable bonds is 4. The van der Waals surface area contributed by atoms with Crippen LogP contribution < -0.4 is 5.73 Å². The van der Waals surface area contributed by atoms with Gasteiger partial charge in [-0.25, -0.2) is 4.98 Å². The van der Waals surface area contributed by atoms with E-state index in [1.807, 2.05) is 26.4 Å².